The third kappa shape index (κ3) is 5.56. The second-order valence-electron chi connectivity index (χ2n) is 9.78. The number of methoxy groups -OCH3 is 1. The molecule has 0 radical (unpaired) electrons. The van der Waals surface area contributed by atoms with E-state index in [2.05, 4.69) is 66.4 Å². The Morgan fingerprint density at radius 2 is 1.95 bits per heavy atom. The average Bonchev–Trinajstić information content (AvgIpc) is 3.61. The molecule has 3 N–H and O–H groups in total. The van der Waals surface area contributed by atoms with Gasteiger partial charge in [-0.05, 0) is 33.3 Å². The maximum absolute atomic E-state index is 13.3. The number of nitrogens with zero attached hydrogens (tertiary/aromatic N) is 5. The molecule has 12 nitrogen and oxygen atoms in total. The van der Waals surface area contributed by atoms with Crippen molar-refractivity contribution >= 4 is 60.0 Å². The predicted octanol–water partition coefficient (Wildman–Crippen LogP) is 4.05. The van der Waals surface area contributed by atoms with E-state index in [0.717, 1.165) is 45.2 Å². The third-order valence-electron chi connectivity index (χ3n) is 6.87. The van der Waals surface area contributed by atoms with Gasteiger partial charge < -0.3 is 15.0 Å². The van der Waals surface area contributed by atoms with Gasteiger partial charge in [-0.3, -0.25) is 10.2 Å². The van der Waals surface area contributed by atoms with Gasteiger partial charge in [0.1, 0.15) is 12.1 Å². The first-order valence-electron chi connectivity index (χ1n) is 12.8. The monoisotopic (exact) mass is 604 g/mol. The van der Waals surface area contributed by atoms with Crippen LogP contribution in [0, 0.1) is 20.8 Å². The number of amides is 1. The minimum Gasteiger partial charge on any atom is -0.453 e. The number of aromatic amines is 1. The smallest absolute Gasteiger partial charge is 0.413 e. The summed E-state index contributed by atoms with van der Waals surface area (Å²) in [5.74, 6) is 0.804. The molecule has 5 rings (SSSR count). The van der Waals surface area contributed by atoms with Gasteiger partial charge in [0.15, 0.2) is 9.34 Å². The maximum atomic E-state index is 13.3. The van der Waals surface area contributed by atoms with Crippen LogP contribution in [0.3, 0.4) is 0 Å². The summed E-state index contributed by atoms with van der Waals surface area (Å²) in [6.45, 7) is 10.6. The van der Waals surface area contributed by atoms with Crippen molar-refractivity contribution in [2.24, 2.45) is 0 Å². The Bertz CT molecular complexity index is 1620. The number of nitrogens with one attached hydrogen (secondary N) is 3. The minimum absolute atomic E-state index is 0.0817. The first-order valence-corrected chi connectivity index (χ1v) is 15.9. The van der Waals surface area contributed by atoms with Crippen molar-refractivity contribution in [3.63, 3.8) is 0 Å². The predicted molar refractivity (Wildman–Crippen MR) is 158 cm³/mol. The van der Waals surface area contributed by atoms with Crippen LogP contribution in [-0.2, 0) is 14.8 Å². The van der Waals surface area contributed by atoms with Gasteiger partial charge in [-0.25, -0.2) is 28.2 Å². The van der Waals surface area contributed by atoms with Crippen molar-refractivity contribution in [3.8, 4) is 11.1 Å². The number of anilines is 2. The first kappa shape index (κ1) is 28.4. The number of piperazine rings is 1. The summed E-state index contributed by atoms with van der Waals surface area (Å²) in [7, 11) is -2.49. The minimum atomic E-state index is -3.72. The molecule has 1 saturated heterocycles. The Labute approximate surface area is 240 Å². The van der Waals surface area contributed by atoms with E-state index >= 15 is 0 Å². The number of carbonyl (C=O) groups excluding carboxylic acids is 1. The number of thiophene rings is 1. The Hall–Kier alpha value is -3.11. The van der Waals surface area contributed by atoms with Crippen molar-refractivity contribution in [2.75, 3.05) is 50.5 Å². The van der Waals surface area contributed by atoms with Crippen LogP contribution in [0.5, 0.6) is 0 Å². The Morgan fingerprint density at radius 3 is 2.62 bits per heavy atom. The maximum Gasteiger partial charge on any atom is 0.413 e. The van der Waals surface area contributed by atoms with Crippen LogP contribution in [0.25, 0.3) is 21.3 Å². The molecule has 40 heavy (non-hydrogen) atoms. The van der Waals surface area contributed by atoms with Crippen LogP contribution >= 0.6 is 22.7 Å². The number of aryl methyl sites for hydroxylation is 3. The van der Waals surface area contributed by atoms with E-state index in [1.165, 1.54) is 22.5 Å². The van der Waals surface area contributed by atoms with Crippen LogP contribution in [0.2, 0.25) is 0 Å². The zero-order valence-electron chi connectivity index (χ0n) is 22.9. The van der Waals surface area contributed by atoms with Gasteiger partial charge in [0.25, 0.3) is 10.0 Å². The number of thiazole rings is 1. The van der Waals surface area contributed by atoms with Crippen molar-refractivity contribution in [2.45, 2.75) is 37.9 Å². The van der Waals surface area contributed by atoms with E-state index in [1.54, 1.807) is 24.6 Å². The number of ether oxygens (including phenoxy) is 1. The molecule has 0 aliphatic carbocycles. The molecule has 15 heteroatoms. The standard InChI is InChI=1S/C25H32N8O4S3/c1-14-10-26-16(3)19(14)18-12-38-21-20(18)27-13-28-22(21)29-15(2)11-32-6-8-33(9-7-32)40(35,36)23-17(4)30-24(39-23)31-25(34)37-5/h10,12-13,15,26H,6-9,11H2,1-5H3,(H,27,28,29)(H,30,31,34)/t15-/m0/s1. The molecule has 4 aromatic rings. The SMILES string of the molecule is COC(=O)Nc1nc(C)c(S(=O)(=O)N2CCN(C[C@H](C)Nc3ncnc4c(-c5c(C)c[nH]c5C)csc34)CC2)s1. The number of carbonyl (C=O) groups is 1. The van der Waals surface area contributed by atoms with Gasteiger partial charge in [-0.15, -0.1) is 11.3 Å². The number of sulfonamides is 1. The molecule has 5 heterocycles. The van der Waals surface area contributed by atoms with Gasteiger partial charge in [-0.1, -0.05) is 11.3 Å². The zero-order valence-corrected chi connectivity index (χ0v) is 25.4. The van der Waals surface area contributed by atoms with Crippen molar-refractivity contribution in [3.05, 3.63) is 34.9 Å². The van der Waals surface area contributed by atoms with E-state index in [0.29, 0.717) is 31.9 Å². The van der Waals surface area contributed by atoms with Crippen LogP contribution in [0.1, 0.15) is 23.9 Å². The van der Waals surface area contributed by atoms with Gasteiger partial charge in [0, 0.05) is 67.2 Å². The van der Waals surface area contributed by atoms with Crippen LogP contribution in [-0.4, -0.2) is 89.5 Å². The molecule has 0 aromatic carbocycles. The molecule has 1 amide bonds. The van der Waals surface area contributed by atoms with Crippen LogP contribution < -0.4 is 10.6 Å². The molecule has 0 saturated carbocycles. The van der Waals surface area contributed by atoms with E-state index in [4.69, 9.17) is 0 Å². The van der Waals surface area contributed by atoms with Gasteiger partial charge >= 0.3 is 6.09 Å². The highest BCUT2D eigenvalue weighted by Crippen LogP contribution is 2.38. The lowest BCUT2D eigenvalue weighted by molar-refractivity contribution is 0.184. The molecule has 1 fully saturated rings. The van der Waals surface area contributed by atoms with E-state index in [-0.39, 0.29) is 15.4 Å². The van der Waals surface area contributed by atoms with E-state index < -0.39 is 16.1 Å². The van der Waals surface area contributed by atoms with Gasteiger partial charge in [0.2, 0.25) is 0 Å². The quantitative estimate of drug-likeness (QED) is 0.271. The zero-order chi connectivity index (χ0) is 28.6. The van der Waals surface area contributed by atoms with Crippen molar-refractivity contribution in [1.29, 1.82) is 0 Å². The summed E-state index contributed by atoms with van der Waals surface area (Å²) in [5, 5.41) is 8.31. The number of hydrogen-bond acceptors (Lipinski definition) is 11. The molecule has 0 unspecified atom stereocenters. The summed E-state index contributed by atoms with van der Waals surface area (Å²) in [6, 6.07) is 0.0817. The van der Waals surface area contributed by atoms with Gasteiger partial charge in [-0.2, -0.15) is 4.31 Å². The topological polar surface area (TPSA) is 145 Å². The number of fused-ring (bicyclic) bond motifs is 1. The molecule has 1 atom stereocenters. The van der Waals surface area contributed by atoms with Crippen molar-refractivity contribution < 1.29 is 17.9 Å². The molecule has 1 aliphatic heterocycles. The average molecular weight is 605 g/mol. The number of rotatable bonds is 8. The summed E-state index contributed by atoms with van der Waals surface area (Å²) in [5.41, 5.74) is 5.87. The summed E-state index contributed by atoms with van der Waals surface area (Å²) in [6.07, 6.45) is 2.92. The molecular weight excluding hydrogens is 573 g/mol. The third-order valence-corrected chi connectivity index (χ3v) is 11.4. The highest BCUT2D eigenvalue weighted by atomic mass is 32.2. The lowest BCUT2D eigenvalue weighted by Gasteiger charge is -2.35. The van der Waals surface area contributed by atoms with E-state index in [9.17, 15) is 13.2 Å². The molecule has 214 valence electrons. The molecule has 0 bridgehead atoms. The highest BCUT2D eigenvalue weighted by molar-refractivity contribution is 7.91. The van der Waals surface area contributed by atoms with Gasteiger partial charge in [0.05, 0.1) is 23.0 Å². The second kappa shape index (κ2) is 11.4. The molecular formula is C25H32N8O4S3. The number of H-pyrrole nitrogens is 1. The largest absolute Gasteiger partial charge is 0.453 e. The normalized spacial score (nSPS) is 15.8. The lowest BCUT2D eigenvalue weighted by atomic mass is 10.0. The first-order chi connectivity index (χ1) is 19.1. The Balaban J connectivity index is 1.21. The molecule has 1 aliphatic rings. The Kier molecular flexibility index (Phi) is 8.10. The van der Waals surface area contributed by atoms with Crippen molar-refractivity contribution in [1.82, 2.24) is 29.1 Å². The summed E-state index contributed by atoms with van der Waals surface area (Å²) in [4.78, 5) is 30.3. The Morgan fingerprint density at radius 1 is 1.20 bits per heavy atom. The lowest BCUT2D eigenvalue weighted by Crippen LogP contribution is -2.50. The fourth-order valence-corrected chi connectivity index (χ4v) is 8.87. The van der Waals surface area contributed by atoms with Crippen LogP contribution in [0.15, 0.2) is 22.1 Å². The second-order valence-corrected chi connectivity index (χ2v) is 13.8. The van der Waals surface area contributed by atoms with Crippen LogP contribution in [0.4, 0.5) is 15.7 Å². The molecule has 0 spiro atoms. The molecule has 4 aromatic heterocycles. The number of hydrogen-bond donors (Lipinski definition) is 3. The highest BCUT2D eigenvalue weighted by Gasteiger charge is 2.32. The van der Waals surface area contributed by atoms with E-state index in [1.807, 2.05) is 6.20 Å². The fraction of sp³-hybridized carbons (Fsp3) is 0.440. The number of aromatic nitrogens is 4. The fourth-order valence-electron chi connectivity index (χ4n) is 4.95. The summed E-state index contributed by atoms with van der Waals surface area (Å²) < 4.78 is 33.8. The summed E-state index contributed by atoms with van der Waals surface area (Å²) >= 11 is 2.56.